The van der Waals surface area contributed by atoms with Gasteiger partial charge in [0.25, 0.3) is 0 Å². The highest BCUT2D eigenvalue weighted by Gasteiger charge is 2.15. The molecule has 2 aromatic rings. The normalized spacial score (nSPS) is 10.3. The van der Waals surface area contributed by atoms with Crippen LogP contribution in [0.2, 0.25) is 9.36 Å². The Bertz CT molecular complexity index is 585. The number of halogens is 2. The quantitative estimate of drug-likeness (QED) is 0.615. The minimum atomic E-state index is -0.525. The summed E-state index contributed by atoms with van der Waals surface area (Å²) in [4.78, 5) is 11.2. The van der Waals surface area contributed by atoms with E-state index in [1.54, 1.807) is 12.1 Å². The molecule has 0 bridgehead atoms. The molecule has 0 N–H and O–H groups in total. The number of hydrogen-bond donors (Lipinski definition) is 0. The molecule has 0 atom stereocenters. The van der Waals surface area contributed by atoms with E-state index in [1.165, 1.54) is 23.5 Å². The SMILES string of the molecule is O=[N+]([O-])c1cc(Cl)ccc1OCc1ccc(Cl)s1. The van der Waals surface area contributed by atoms with Gasteiger partial charge in [-0.3, -0.25) is 10.1 Å². The first-order valence-electron chi connectivity index (χ1n) is 4.87. The Morgan fingerprint density at radius 2 is 2.06 bits per heavy atom. The van der Waals surface area contributed by atoms with Gasteiger partial charge >= 0.3 is 5.69 Å². The maximum atomic E-state index is 10.8. The fourth-order valence-corrected chi connectivity index (χ4v) is 2.50. The van der Waals surface area contributed by atoms with Crippen LogP contribution in [0.3, 0.4) is 0 Å². The summed E-state index contributed by atoms with van der Waals surface area (Å²) in [5, 5.41) is 11.1. The first-order chi connectivity index (χ1) is 8.56. The number of thiophene rings is 1. The standard InChI is InChI=1S/C11H7Cl2NO3S/c12-7-1-3-10(9(5-7)14(15)16)17-6-8-2-4-11(13)18-8/h1-5H,6H2. The molecule has 0 spiro atoms. The summed E-state index contributed by atoms with van der Waals surface area (Å²) >= 11 is 12.9. The van der Waals surface area contributed by atoms with E-state index in [1.807, 2.05) is 6.07 Å². The van der Waals surface area contributed by atoms with Gasteiger partial charge in [-0.2, -0.15) is 0 Å². The summed E-state index contributed by atoms with van der Waals surface area (Å²) in [7, 11) is 0. The van der Waals surface area contributed by atoms with Gasteiger partial charge in [0.2, 0.25) is 0 Å². The van der Waals surface area contributed by atoms with Crippen LogP contribution in [0.1, 0.15) is 4.88 Å². The van der Waals surface area contributed by atoms with E-state index < -0.39 is 4.92 Å². The minimum absolute atomic E-state index is 0.148. The van der Waals surface area contributed by atoms with Crippen molar-refractivity contribution in [2.24, 2.45) is 0 Å². The molecular formula is C11H7Cl2NO3S. The maximum Gasteiger partial charge on any atom is 0.312 e. The summed E-state index contributed by atoms with van der Waals surface area (Å²) in [5.74, 6) is 0.189. The fraction of sp³-hybridized carbons (Fsp3) is 0.0909. The van der Waals surface area contributed by atoms with Gasteiger partial charge in [0, 0.05) is 16.0 Å². The highest BCUT2D eigenvalue weighted by Crippen LogP contribution is 2.31. The van der Waals surface area contributed by atoms with Crippen molar-refractivity contribution in [3.05, 3.63) is 54.7 Å². The van der Waals surface area contributed by atoms with Crippen LogP contribution in [-0.2, 0) is 6.61 Å². The highest BCUT2D eigenvalue weighted by molar-refractivity contribution is 7.16. The summed E-state index contributed by atoms with van der Waals surface area (Å²) in [6.45, 7) is 0.236. The lowest BCUT2D eigenvalue weighted by Gasteiger charge is -2.05. The largest absolute Gasteiger partial charge is 0.481 e. The van der Waals surface area contributed by atoms with Crippen molar-refractivity contribution in [2.45, 2.75) is 6.61 Å². The van der Waals surface area contributed by atoms with Gasteiger partial charge in [-0.1, -0.05) is 23.2 Å². The van der Waals surface area contributed by atoms with Crippen LogP contribution < -0.4 is 4.74 Å². The van der Waals surface area contributed by atoms with Crippen molar-refractivity contribution in [3.8, 4) is 5.75 Å². The second-order valence-electron chi connectivity index (χ2n) is 3.36. The average Bonchev–Trinajstić information content (AvgIpc) is 2.73. The highest BCUT2D eigenvalue weighted by atomic mass is 35.5. The third kappa shape index (κ3) is 3.13. The Morgan fingerprint density at radius 3 is 2.67 bits per heavy atom. The van der Waals surface area contributed by atoms with Gasteiger partial charge in [0.15, 0.2) is 5.75 Å². The molecule has 0 aliphatic heterocycles. The predicted molar refractivity (Wildman–Crippen MR) is 71.8 cm³/mol. The molecule has 94 valence electrons. The number of ether oxygens (including phenoxy) is 1. The molecule has 2 rings (SSSR count). The number of nitro groups is 1. The molecule has 0 aliphatic carbocycles. The zero-order valence-corrected chi connectivity index (χ0v) is 11.3. The number of nitro benzene ring substituents is 1. The van der Waals surface area contributed by atoms with Gasteiger partial charge in [0.1, 0.15) is 6.61 Å². The van der Waals surface area contributed by atoms with Crippen molar-refractivity contribution in [2.75, 3.05) is 0 Å². The lowest BCUT2D eigenvalue weighted by Crippen LogP contribution is -1.97. The van der Waals surface area contributed by atoms with Crippen molar-refractivity contribution >= 4 is 40.2 Å². The molecule has 0 aliphatic rings. The zero-order valence-electron chi connectivity index (χ0n) is 8.93. The summed E-state index contributed by atoms with van der Waals surface area (Å²) in [5.41, 5.74) is -0.148. The van der Waals surface area contributed by atoms with Gasteiger partial charge in [-0.25, -0.2) is 0 Å². The lowest BCUT2D eigenvalue weighted by atomic mass is 10.3. The molecule has 0 fully saturated rings. The van der Waals surface area contributed by atoms with E-state index >= 15 is 0 Å². The Labute approximate surface area is 117 Å². The first kappa shape index (κ1) is 13.1. The number of benzene rings is 1. The van der Waals surface area contributed by atoms with Crippen LogP contribution in [0.25, 0.3) is 0 Å². The van der Waals surface area contributed by atoms with Gasteiger partial charge in [0.05, 0.1) is 9.26 Å². The van der Waals surface area contributed by atoms with Crippen molar-refractivity contribution in [1.29, 1.82) is 0 Å². The number of hydrogen-bond acceptors (Lipinski definition) is 4. The maximum absolute atomic E-state index is 10.8. The van der Waals surface area contributed by atoms with E-state index in [0.29, 0.717) is 9.36 Å². The average molecular weight is 304 g/mol. The Hall–Kier alpha value is -1.30. The summed E-state index contributed by atoms with van der Waals surface area (Å²) in [6, 6.07) is 7.86. The molecule has 1 aromatic heterocycles. The molecule has 4 nitrogen and oxygen atoms in total. The zero-order chi connectivity index (χ0) is 13.1. The topological polar surface area (TPSA) is 52.4 Å². The van der Waals surface area contributed by atoms with Crippen LogP contribution in [0.4, 0.5) is 5.69 Å². The molecule has 0 saturated carbocycles. The molecule has 0 radical (unpaired) electrons. The molecule has 1 heterocycles. The van der Waals surface area contributed by atoms with Gasteiger partial charge in [-0.15, -0.1) is 11.3 Å². The van der Waals surface area contributed by atoms with Crippen LogP contribution in [-0.4, -0.2) is 4.92 Å². The van der Waals surface area contributed by atoms with E-state index in [4.69, 9.17) is 27.9 Å². The second-order valence-corrected chi connectivity index (χ2v) is 5.60. The minimum Gasteiger partial charge on any atom is -0.481 e. The van der Waals surface area contributed by atoms with E-state index in [-0.39, 0.29) is 18.0 Å². The lowest BCUT2D eigenvalue weighted by molar-refractivity contribution is -0.385. The van der Waals surface area contributed by atoms with E-state index in [9.17, 15) is 10.1 Å². The molecule has 1 aromatic carbocycles. The van der Waals surface area contributed by atoms with Gasteiger partial charge < -0.3 is 4.74 Å². The van der Waals surface area contributed by atoms with Crippen LogP contribution in [0.5, 0.6) is 5.75 Å². The van der Waals surface area contributed by atoms with E-state index in [2.05, 4.69) is 0 Å². The number of rotatable bonds is 4. The molecule has 0 unspecified atom stereocenters. The Morgan fingerprint density at radius 1 is 1.28 bits per heavy atom. The predicted octanol–water partition coefficient (Wildman–Crippen LogP) is 4.54. The molecule has 0 amide bonds. The van der Waals surface area contributed by atoms with Crippen LogP contribution in [0, 0.1) is 10.1 Å². The molecule has 0 saturated heterocycles. The first-order valence-corrected chi connectivity index (χ1v) is 6.44. The number of nitrogens with zero attached hydrogens (tertiary/aromatic N) is 1. The van der Waals surface area contributed by atoms with E-state index in [0.717, 1.165) is 4.88 Å². The molecule has 7 heteroatoms. The molecule has 18 heavy (non-hydrogen) atoms. The monoisotopic (exact) mass is 303 g/mol. The Kier molecular flexibility index (Phi) is 4.06. The van der Waals surface area contributed by atoms with Crippen LogP contribution >= 0.6 is 34.5 Å². The molecular weight excluding hydrogens is 297 g/mol. The Balaban J connectivity index is 2.16. The summed E-state index contributed by atoms with van der Waals surface area (Å²) < 4.78 is 6.06. The van der Waals surface area contributed by atoms with Crippen molar-refractivity contribution in [3.63, 3.8) is 0 Å². The smallest absolute Gasteiger partial charge is 0.312 e. The van der Waals surface area contributed by atoms with Crippen molar-refractivity contribution < 1.29 is 9.66 Å². The third-order valence-electron chi connectivity index (χ3n) is 2.12. The van der Waals surface area contributed by atoms with Gasteiger partial charge in [-0.05, 0) is 24.3 Å². The third-order valence-corrected chi connectivity index (χ3v) is 3.56. The van der Waals surface area contributed by atoms with Crippen molar-refractivity contribution in [1.82, 2.24) is 0 Å². The second kappa shape index (κ2) is 5.56. The fourth-order valence-electron chi connectivity index (χ4n) is 1.33. The summed E-state index contributed by atoms with van der Waals surface area (Å²) in [6.07, 6.45) is 0. The van der Waals surface area contributed by atoms with Crippen LogP contribution in [0.15, 0.2) is 30.3 Å².